The Hall–Kier alpha value is -0.0800. The van der Waals surface area contributed by atoms with Crippen LogP contribution < -0.4 is 5.32 Å². The Kier molecular flexibility index (Phi) is 3.68. The van der Waals surface area contributed by atoms with Crippen molar-refractivity contribution in [1.29, 1.82) is 0 Å². The van der Waals surface area contributed by atoms with Crippen molar-refractivity contribution in [2.75, 3.05) is 19.6 Å². The summed E-state index contributed by atoms with van der Waals surface area (Å²) >= 11 is 0. The first kappa shape index (κ1) is 12.9. The van der Waals surface area contributed by atoms with Gasteiger partial charge in [0, 0.05) is 31.2 Å². The van der Waals surface area contributed by atoms with E-state index in [0.29, 0.717) is 5.54 Å². The van der Waals surface area contributed by atoms with Crippen molar-refractivity contribution in [2.24, 2.45) is 11.8 Å². The molecule has 2 nitrogen and oxygen atoms in total. The first-order chi connectivity index (χ1) is 8.70. The topological polar surface area (TPSA) is 15.3 Å². The van der Waals surface area contributed by atoms with Gasteiger partial charge in [-0.3, -0.25) is 4.90 Å². The lowest BCUT2D eigenvalue weighted by Crippen LogP contribution is -2.65. The zero-order chi connectivity index (χ0) is 12.6. The molecule has 104 valence electrons. The molecule has 3 fully saturated rings. The maximum Gasteiger partial charge on any atom is 0.0334 e. The number of rotatable bonds is 3. The standard InChI is InChI=1S/C16H30N2/c1-13(2)15-11-18(10-14-6-5-7-14)16(12-17-15)8-3-4-9-16/h13-15,17H,3-12H2,1-2H3. The molecule has 2 heteroatoms. The SMILES string of the molecule is CC(C)C1CN(CC2CCC2)C2(CCCC2)CN1. The third-order valence-electron chi connectivity index (χ3n) is 5.82. The molecule has 1 heterocycles. The van der Waals surface area contributed by atoms with Crippen LogP contribution in [0.15, 0.2) is 0 Å². The van der Waals surface area contributed by atoms with Crippen LogP contribution >= 0.6 is 0 Å². The average Bonchev–Trinajstić information content (AvgIpc) is 2.75. The van der Waals surface area contributed by atoms with Crippen LogP contribution in [0.1, 0.15) is 58.8 Å². The Morgan fingerprint density at radius 1 is 1.17 bits per heavy atom. The minimum Gasteiger partial charge on any atom is -0.311 e. The highest BCUT2D eigenvalue weighted by Gasteiger charge is 2.44. The number of piperazine rings is 1. The van der Waals surface area contributed by atoms with Crippen molar-refractivity contribution in [1.82, 2.24) is 10.2 Å². The molecule has 1 unspecified atom stereocenters. The maximum atomic E-state index is 3.85. The number of nitrogens with zero attached hydrogens (tertiary/aromatic N) is 1. The number of nitrogens with one attached hydrogen (secondary N) is 1. The first-order valence-corrected chi connectivity index (χ1v) is 8.18. The first-order valence-electron chi connectivity index (χ1n) is 8.18. The predicted octanol–water partition coefficient (Wildman–Crippen LogP) is 3.03. The molecule has 1 N–H and O–H groups in total. The van der Waals surface area contributed by atoms with Gasteiger partial charge < -0.3 is 5.32 Å². The van der Waals surface area contributed by atoms with Crippen molar-refractivity contribution in [3.05, 3.63) is 0 Å². The van der Waals surface area contributed by atoms with Crippen molar-refractivity contribution in [3.8, 4) is 0 Å². The third kappa shape index (κ3) is 2.34. The maximum absolute atomic E-state index is 3.85. The van der Waals surface area contributed by atoms with Crippen LogP contribution in [-0.2, 0) is 0 Å². The summed E-state index contributed by atoms with van der Waals surface area (Å²) in [5, 5.41) is 3.85. The molecule has 2 aliphatic carbocycles. The van der Waals surface area contributed by atoms with E-state index >= 15 is 0 Å². The Balaban J connectivity index is 1.68. The van der Waals surface area contributed by atoms with Crippen molar-refractivity contribution in [3.63, 3.8) is 0 Å². The monoisotopic (exact) mass is 250 g/mol. The molecule has 2 saturated carbocycles. The van der Waals surface area contributed by atoms with Crippen LogP contribution in [0, 0.1) is 11.8 Å². The van der Waals surface area contributed by atoms with E-state index in [-0.39, 0.29) is 0 Å². The molecule has 18 heavy (non-hydrogen) atoms. The van der Waals surface area contributed by atoms with E-state index in [9.17, 15) is 0 Å². The molecule has 0 bridgehead atoms. The van der Waals surface area contributed by atoms with Gasteiger partial charge in [0.25, 0.3) is 0 Å². The van der Waals surface area contributed by atoms with Crippen molar-refractivity contribution in [2.45, 2.75) is 70.4 Å². The van der Waals surface area contributed by atoms with Crippen LogP contribution in [0.25, 0.3) is 0 Å². The highest BCUT2D eigenvalue weighted by molar-refractivity contribution is 5.03. The molecule has 1 aliphatic heterocycles. The Bertz CT molecular complexity index is 277. The van der Waals surface area contributed by atoms with Gasteiger partial charge in [0.1, 0.15) is 0 Å². The number of hydrogen-bond donors (Lipinski definition) is 1. The Labute approximate surface area is 113 Å². The fourth-order valence-electron chi connectivity index (χ4n) is 4.16. The third-order valence-corrected chi connectivity index (χ3v) is 5.82. The van der Waals surface area contributed by atoms with Gasteiger partial charge in [0.2, 0.25) is 0 Å². The molecular weight excluding hydrogens is 220 g/mol. The van der Waals surface area contributed by atoms with Gasteiger partial charge in [-0.05, 0) is 37.5 Å². The summed E-state index contributed by atoms with van der Waals surface area (Å²) in [7, 11) is 0. The summed E-state index contributed by atoms with van der Waals surface area (Å²) in [4.78, 5) is 2.91. The lowest BCUT2D eigenvalue weighted by Gasteiger charge is -2.51. The summed E-state index contributed by atoms with van der Waals surface area (Å²) in [6, 6.07) is 0.719. The summed E-state index contributed by atoms with van der Waals surface area (Å²) in [5.41, 5.74) is 0.543. The number of hydrogen-bond acceptors (Lipinski definition) is 2. The fraction of sp³-hybridized carbons (Fsp3) is 1.00. The molecular formula is C16H30N2. The molecule has 1 saturated heterocycles. The van der Waals surface area contributed by atoms with Crippen molar-refractivity contribution < 1.29 is 0 Å². The van der Waals surface area contributed by atoms with Crippen LogP contribution in [0.3, 0.4) is 0 Å². The van der Waals surface area contributed by atoms with E-state index < -0.39 is 0 Å². The lowest BCUT2D eigenvalue weighted by molar-refractivity contribution is 0.00974. The van der Waals surface area contributed by atoms with Gasteiger partial charge >= 0.3 is 0 Å². The summed E-state index contributed by atoms with van der Waals surface area (Å²) in [6.07, 6.45) is 10.3. The van der Waals surface area contributed by atoms with Gasteiger partial charge in [-0.1, -0.05) is 33.1 Å². The van der Waals surface area contributed by atoms with Gasteiger partial charge in [0.15, 0.2) is 0 Å². The zero-order valence-electron chi connectivity index (χ0n) is 12.3. The Morgan fingerprint density at radius 3 is 2.44 bits per heavy atom. The highest BCUT2D eigenvalue weighted by atomic mass is 15.3. The molecule has 0 amide bonds. The second kappa shape index (κ2) is 5.13. The van der Waals surface area contributed by atoms with E-state index in [0.717, 1.165) is 17.9 Å². The summed E-state index contributed by atoms with van der Waals surface area (Å²) in [6.45, 7) is 8.68. The molecule has 0 aromatic rings. The average molecular weight is 250 g/mol. The van der Waals surface area contributed by atoms with Crippen LogP contribution in [-0.4, -0.2) is 36.1 Å². The van der Waals surface area contributed by atoms with Crippen LogP contribution in [0.2, 0.25) is 0 Å². The quantitative estimate of drug-likeness (QED) is 0.828. The molecule has 3 rings (SSSR count). The second-order valence-corrected chi connectivity index (χ2v) is 7.36. The highest BCUT2D eigenvalue weighted by Crippen LogP contribution is 2.39. The minimum atomic E-state index is 0.543. The van der Waals surface area contributed by atoms with Gasteiger partial charge in [-0.2, -0.15) is 0 Å². The smallest absolute Gasteiger partial charge is 0.0334 e. The summed E-state index contributed by atoms with van der Waals surface area (Å²) in [5.74, 6) is 1.79. The van der Waals surface area contributed by atoms with E-state index in [1.54, 1.807) is 0 Å². The zero-order valence-corrected chi connectivity index (χ0v) is 12.3. The lowest BCUT2D eigenvalue weighted by atomic mass is 9.81. The minimum absolute atomic E-state index is 0.543. The fourth-order valence-corrected chi connectivity index (χ4v) is 4.16. The molecule has 0 aromatic heterocycles. The second-order valence-electron chi connectivity index (χ2n) is 7.36. The van der Waals surface area contributed by atoms with Gasteiger partial charge in [-0.15, -0.1) is 0 Å². The predicted molar refractivity (Wildman–Crippen MR) is 76.7 cm³/mol. The van der Waals surface area contributed by atoms with Crippen LogP contribution in [0.4, 0.5) is 0 Å². The van der Waals surface area contributed by atoms with E-state index in [1.165, 1.54) is 64.6 Å². The van der Waals surface area contributed by atoms with E-state index in [1.807, 2.05) is 0 Å². The molecule has 0 aromatic carbocycles. The Morgan fingerprint density at radius 2 is 1.89 bits per heavy atom. The van der Waals surface area contributed by atoms with E-state index in [2.05, 4.69) is 24.1 Å². The van der Waals surface area contributed by atoms with Gasteiger partial charge in [0.05, 0.1) is 0 Å². The molecule has 1 atom stereocenters. The van der Waals surface area contributed by atoms with Gasteiger partial charge in [-0.25, -0.2) is 0 Å². The molecule has 1 spiro atoms. The van der Waals surface area contributed by atoms with Crippen LogP contribution in [0.5, 0.6) is 0 Å². The molecule has 3 aliphatic rings. The largest absolute Gasteiger partial charge is 0.311 e. The molecule has 0 radical (unpaired) electrons. The van der Waals surface area contributed by atoms with Crippen molar-refractivity contribution >= 4 is 0 Å². The summed E-state index contributed by atoms with van der Waals surface area (Å²) < 4.78 is 0. The van der Waals surface area contributed by atoms with E-state index in [4.69, 9.17) is 0 Å². The normalized spacial score (nSPS) is 33.2.